The van der Waals surface area contributed by atoms with Crippen LogP contribution >= 0.6 is 23.2 Å². The molecule has 0 unspecified atom stereocenters. The van der Waals surface area contributed by atoms with Crippen LogP contribution < -0.4 is 20.9 Å². The van der Waals surface area contributed by atoms with Gasteiger partial charge in [0.25, 0.3) is 5.91 Å². The molecule has 1 heterocycles. The Morgan fingerprint density at radius 3 is 2.41 bits per heavy atom. The van der Waals surface area contributed by atoms with E-state index in [0.29, 0.717) is 38.2 Å². The summed E-state index contributed by atoms with van der Waals surface area (Å²) in [5.41, 5.74) is 14.2. The number of rotatable bonds is 7. The van der Waals surface area contributed by atoms with Gasteiger partial charge < -0.3 is 26.0 Å². The monoisotopic (exact) mass is 477 g/mol. The van der Waals surface area contributed by atoms with Gasteiger partial charge in [0.15, 0.2) is 0 Å². The quantitative estimate of drug-likeness (QED) is 0.270. The minimum atomic E-state index is -0.584. The molecular formula is C21H21Cl2N5O4. The number of aliphatic hydroxyl groups is 1. The summed E-state index contributed by atoms with van der Waals surface area (Å²) in [5.74, 6) is 0.131. The molecule has 2 aromatic carbocycles. The van der Waals surface area contributed by atoms with Gasteiger partial charge in [-0.05, 0) is 17.7 Å². The lowest BCUT2D eigenvalue weighted by molar-refractivity contribution is 0.100. The minimum absolute atomic E-state index is 0.0608. The van der Waals surface area contributed by atoms with Crippen molar-refractivity contribution < 1.29 is 19.4 Å². The molecule has 9 nitrogen and oxygen atoms in total. The SMILES string of the molecule is COc1cc(OC)c(Cl)c(-c2ccc(C(N)=NC(=O)c3cnn(CCO)c3)c(N)c2)c1Cl. The van der Waals surface area contributed by atoms with E-state index in [-0.39, 0.29) is 30.2 Å². The molecule has 0 saturated heterocycles. The number of aromatic nitrogens is 2. The largest absolute Gasteiger partial charge is 0.495 e. The number of nitrogens with two attached hydrogens (primary N) is 2. The summed E-state index contributed by atoms with van der Waals surface area (Å²) in [5, 5.41) is 13.5. The fourth-order valence-electron chi connectivity index (χ4n) is 3.02. The van der Waals surface area contributed by atoms with E-state index >= 15 is 0 Å². The maximum Gasteiger partial charge on any atom is 0.282 e. The molecule has 1 amide bonds. The Morgan fingerprint density at radius 2 is 1.84 bits per heavy atom. The molecule has 0 aliphatic heterocycles. The van der Waals surface area contributed by atoms with E-state index in [4.69, 9.17) is 49.2 Å². The molecule has 168 valence electrons. The van der Waals surface area contributed by atoms with Crippen molar-refractivity contribution in [2.45, 2.75) is 6.54 Å². The highest BCUT2D eigenvalue weighted by Crippen LogP contribution is 2.46. The fraction of sp³-hybridized carbons (Fsp3) is 0.190. The van der Waals surface area contributed by atoms with E-state index in [0.717, 1.165) is 0 Å². The second-order valence-corrected chi connectivity index (χ2v) is 7.36. The molecule has 0 radical (unpaired) electrons. The molecule has 3 rings (SSSR count). The Morgan fingerprint density at radius 1 is 1.19 bits per heavy atom. The lowest BCUT2D eigenvalue weighted by Gasteiger charge is -2.16. The summed E-state index contributed by atoms with van der Waals surface area (Å²) in [7, 11) is 2.97. The van der Waals surface area contributed by atoms with Crippen LogP contribution in [0.3, 0.4) is 0 Å². The van der Waals surface area contributed by atoms with Crippen LogP contribution in [0.2, 0.25) is 10.0 Å². The molecule has 3 aromatic rings. The summed E-state index contributed by atoms with van der Waals surface area (Å²) in [4.78, 5) is 16.3. The van der Waals surface area contributed by atoms with Gasteiger partial charge in [-0.3, -0.25) is 9.48 Å². The highest BCUT2D eigenvalue weighted by molar-refractivity contribution is 6.41. The van der Waals surface area contributed by atoms with Crippen LogP contribution in [0.4, 0.5) is 5.69 Å². The Hall–Kier alpha value is -3.27. The summed E-state index contributed by atoms with van der Waals surface area (Å²) in [6.07, 6.45) is 2.82. The number of ether oxygens (including phenoxy) is 2. The normalized spacial score (nSPS) is 11.5. The average molecular weight is 478 g/mol. The molecule has 32 heavy (non-hydrogen) atoms. The highest BCUT2D eigenvalue weighted by atomic mass is 35.5. The van der Waals surface area contributed by atoms with Gasteiger partial charge >= 0.3 is 0 Å². The number of amidine groups is 1. The number of aliphatic hydroxyl groups excluding tert-OH is 1. The number of hydrogen-bond acceptors (Lipinski definition) is 6. The van der Waals surface area contributed by atoms with Crippen LogP contribution in [-0.2, 0) is 6.54 Å². The van der Waals surface area contributed by atoms with Crippen LogP contribution in [0.1, 0.15) is 15.9 Å². The Kier molecular flexibility index (Phi) is 7.24. The zero-order valence-corrected chi connectivity index (χ0v) is 18.8. The standard InChI is InChI=1S/C21H21Cl2N5O4/c1-31-15-8-16(32-2)19(23)17(18(15)22)11-3-4-13(14(24)7-11)20(25)27-21(30)12-9-26-28(10-12)5-6-29/h3-4,7-10,29H,5-6,24H2,1-2H3,(H2,25,27,30). The van der Waals surface area contributed by atoms with Crippen molar-refractivity contribution in [3.05, 3.63) is 57.8 Å². The third-order valence-corrected chi connectivity index (χ3v) is 5.37. The Balaban J connectivity index is 1.96. The van der Waals surface area contributed by atoms with E-state index in [1.54, 1.807) is 24.3 Å². The van der Waals surface area contributed by atoms with Crippen molar-refractivity contribution in [3.8, 4) is 22.6 Å². The van der Waals surface area contributed by atoms with Gasteiger partial charge in [-0.1, -0.05) is 29.3 Å². The number of hydrogen-bond donors (Lipinski definition) is 3. The molecular weight excluding hydrogens is 457 g/mol. The summed E-state index contributed by atoms with van der Waals surface area (Å²) < 4.78 is 12.0. The third kappa shape index (κ3) is 4.64. The van der Waals surface area contributed by atoms with Gasteiger partial charge in [0, 0.05) is 29.1 Å². The van der Waals surface area contributed by atoms with Crippen molar-refractivity contribution in [3.63, 3.8) is 0 Å². The highest BCUT2D eigenvalue weighted by Gasteiger charge is 2.20. The maximum atomic E-state index is 12.4. The van der Waals surface area contributed by atoms with Crippen molar-refractivity contribution in [1.82, 2.24) is 9.78 Å². The van der Waals surface area contributed by atoms with Crippen molar-refractivity contribution >= 4 is 40.6 Å². The summed E-state index contributed by atoms with van der Waals surface area (Å²) in [6, 6.07) is 6.52. The van der Waals surface area contributed by atoms with Gasteiger partial charge in [0.05, 0.1) is 49.2 Å². The second kappa shape index (κ2) is 9.90. The Labute approximate surface area is 194 Å². The van der Waals surface area contributed by atoms with E-state index in [9.17, 15) is 4.79 Å². The molecule has 0 aliphatic rings. The van der Waals surface area contributed by atoms with E-state index < -0.39 is 5.91 Å². The first-order chi connectivity index (χ1) is 15.3. The van der Waals surface area contributed by atoms with Crippen LogP contribution in [0.15, 0.2) is 41.7 Å². The van der Waals surface area contributed by atoms with Gasteiger partial charge in [-0.15, -0.1) is 0 Å². The zero-order valence-electron chi connectivity index (χ0n) is 17.3. The lowest BCUT2D eigenvalue weighted by atomic mass is 10.0. The number of amides is 1. The van der Waals surface area contributed by atoms with Crippen LogP contribution in [0, 0.1) is 0 Å². The number of carbonyl (C=O) groups excluding carboxylic acids is 1. The first-order valence-corrected chi connectivity index (χ1v) is 10.1. The number of anilines is 1. The van der Waals surface area contributed by atoms with Crippen molar-refractivity contribution in [1.29, 1.82) is 0 Å². The average Bonchev–Trinajstić information content (AvgIpc) is 3.23. The number of carbonyl (C=O) groups is 1. The third-order valence-electron chi connectivity index (χ3n) is 4.62. The number of methoxy groups -OCH3 is 2. The lowest BCUT2D eigenvalue weighted by Crippen LogP contribution is -2.17. The topological polar surface area (TPSA) is 138 Å². The fourth-order valence-corrected chi connectivity index (χ4v) is 3.74. The minimum Gasteiger partial charge on any atom is -0.495 e. The number of nitrogens with zero attached hydrogens (tertiary/aromatic N) is 3. The smallest absolute Gasteiger partial charge is 0.282 e. The van der Waals surface area contributed by atoms with Crippen molar-refractivity contribution in [2.75, 3.05) is 26.6 Å². The number of halogens is 2. The number of nitrogen functional groups attached to an aromatic ring is 1. The molecule has 0 atom stereocenters. The molecule has 0 spiro atoms. The zero-order chi connectivity index (χ0) is 23.4. The molecule has 0 saturated carbocycles. The van der Waals surface area contributed by atoms with Crippen molar-refractivity contribution in [2.24, 2.45) is 10.7 Å². The van der Waals surface area contributed by atoms with E-state index in [1.165, 1.54) is 31.3 Å². The molecule has 0 aliphatic carbocycles. The van der Waals surface area contributed by atoms with E-state index in [2.05, 4.69) is 10.1 Å². The van der Waals surface area contributed by atoms with Crippen LogP contribution in [-0.4, -0.2) is 47.5 Å². The summed E-state index contributed by atoms with van der Waals surface area (Å²) >= 11 is 12.9. The van der Waals surface area contributed by atoms with Gasteiger partial charge in [0.1, 0.15) is 17.3 Å². The van der Waals surface area contributed by atoms with Gasteiger partial charge in [0.2, 0.25) is 0 Å². The van der Waals surface area contributed by atoms with Gasteiger partial charge in [-0.2, -0.15) is 10.1 Å². The second-order valence-electron chi connectivity index (χ2n) is 6.60. The van der Waals surface area contributed by atoms with Crippen LogP contribution in [0.5, 0.6) is 11.5 Å². The first-order valence-electron chi connectivity index (χ1n) is 9.32. The first kappa shape index (κ1) is 23.4. The predicted molar refractivity (Wildman–Crippen MR) is 124 cm³/mol. The molecule has 0 fully saturated rings. The number of aliphatic imine (C=N–C) groups is 1. The predicted octanol–water partition coefficient (Wildman–Crippen LogP) is 2.99. The Bertz CT molecular complexity index is 1160. The maximum absolute atomic E-state index is 12.4. The van der Waals surface area contributed by atoms with E-state index in [1.807, 2.05) is 0 Å². The molecule has 11 heteroatoms. The molecule has 5 N–H and O–H groups in total. The molecule has 1 aromatic heterocycles. The van der Waals surface area contributed by atoms with Crippen LogP contribution in [0.25, 0.3) is 11.1 Å². The van der Waals surface area contributed by atoms with Gasteiger partial charge in [-0.25, -0.2) is 0 Å². The summed E-state index contributed by atoms with van der Waals surface area (Å²) in [6.45, 7) is 0.165. The molecule has 0 bridgehead atoms. The number of benzene rings is 2.